The van der Waals surface area contributed by atoms with Crippen molar-refractivity contribution in [2.45, 2.75) is 27.3 Å². The van der Waals surface area contributed by atoms with Gasteiger partial charge in [-0.15, -0.1) is 0 Å². The average Bonchev–Trinajstić information content (AvgIpc) is 2.60. The molecule has 27 heavy (non-hydrogen) atoms. The first kappa shape index (κ1) is 18.9. The summed E-state index contributed by atoms with van der Waals surface area (Å²) in [5, 5.41) is 7.67. The minimum Gasteiger partial charge on any atom is -0.324 e. The highest BCUT2D eigenvalue weighted by molar-refractivity contribution is 6.31. The van der Waals surface area contributed by atoms with Gasteiger partial charge in [0, 0.05) is 22.3 Å². The lowest BCUT2D eigenvalue weighted by atomic mass is 10.0. The van der Waals surface area contributed by atoms with Gasteiger partial charge < -0.3 is 5.32 Å². The third kappa shape index (κ3) is 4.44. The quantitative estimate of drug-likeness (QED) is 0.739. The van der Waals surface area contributed by atoms with Crippen molar-refractivity contribution in [1.82, 2.24) is 9.78 Å². The molecule has 3 aromatic rings. The molecule has 5 nitrogen and oxygen atoms in total. The number of carbonyl (C=O) groups excluding carboxylic acids is 1. The Bertz CT molecular complexity index is 1070. The number of hydrogen-bond acceptors (Lipinski definition) is 3. The van der Waals surface area contributed by atoms with Crippen molar-refractivity contribution in [2.75, 3.05) is 5.32 Å². The summed E-state index contributed by atoms with van der Waals surface area (Å²) < 4.78 is 1.17. The van der Waals surface area contributed by atoms with Crippen molar-refractivity contribution >= 4 is 23.2 Å². The number of halogens is 1. The van der Waals surface area contributed by atoms with Crippen LogP contribution in [0.5, 0.6) is 0 Å². The van der Waals surface area contributed by atoms with Gasteiger partial charge in [0.15, 0.2) is 0 Å². The number of nitrogens with zero attached hydrogens (tertiary/aromatic N) is 2. The molecule has 1 heterocycles. The molecule has 0 aliphatic carbocycles. The molecule has 0 bridgehead atoms. The molecule has 1 N–H and O–H groups in total. The Hall–Kier alpha value is -2.92. The maximum absolute atomic E-state index is 12.3. The van der Waals surface area contributed by atoms with Crippen molar-refractivity contribution in [3.63, 3.8) is 0 Å². The van der Waals surface area contributed by atoms with E-state index in [9.17, 15) is 9.59 Å². The normalized spacial score (nSPS) is 10.7. The predicted molar refractivity (Wildman–Crippen MR) is 108 cm³/mol. The summed E-state index contributed by atoms with van der Waals surface area (Å²) in [7, 11) is 0. The van der Waals surface area contributed by atoms with Gasteiger partial charge in [-0.1, -0.05) is 41.4 Å². The van der Waals surface area contributed by atoms with Crippen LogP contribution in [0, 0.1) is 20.8 Å². The largest absolute Gasteiger partial charge is 0.324 e. The van der Waals surface area contributed by atoms with Crippen LogP contribution in [0.15, 0.2) is 53.3 Å². The third-order valence-corrected chi connectivity index (χ3v) is 4.68. The Kier molecular flexibility index (Phi) is 5.42. The average molecular weight is 382 g/mol. The number of anilines is 1. The Morgan fingerprint density at radius 2 is 1.81 bits per heavy atom. The third-order valence-electron chi connectivity index (χ3n) is 4.27. The van der Waals surface area contributed by atoms with E-state index in [1.165, 1.54) is 10.7 Å². The molecule has 138 valence electrons. The number of aromatic nitrogens is 2. The van der Waals surface area contributed by atoms with E-state index in [4.69, 9.17) is 11.6 Å². The number of rotatable bonds is 4. The lowest BCUT2D eigenvalue weighted by molar-refractivity contribution is -0.117. The standard InChI is InChI=1S/C21H20ClN3O2/c1-13-4-7-17(15(3)10-13)19-8-9-21(27)25(24-19)12-20(26)23-16-6-5-14(2)18(22)11-16/h4-11H,12H2,1-3H3,(H,23,26). The summed E-state index contributed by atoms with van der Waals surface area (Å²) in [5.41, 5.74) is 4.97. The van der Waals surface area contributed by atoms with Gasteiger partial charge >= 0.3 is 0 Å². The van der Waals surface area contributed by atoms with E-state index >= 15 is 0 Å². The number of benzene rings is 2. The number of nitrogens with one attached hydrogen (secondary N) is 1. The number of aryl methyl sites for hydroxylation is 3. The van der Waals surface area contributed by atoms with Gasteiger partial charge in [-0.05, 0) is 50.1 Å². The molecular formula is C21H20ClN3O2. The summed E-state index contributed by atoms with van der Waals surface area (Å²) >= 11 is 6.08. The van der Waals surface area contributed by atoms with E-state index in [0.717, 1.165) is 22.3 Å². The highest BCUT2D eigenvalue weighted by Gasteiger charge is 2.10. The predicted octanol–water partition coefficient (Wildman–Crippen LogP) is 4.13. The molecule has 1 amide bonds. The van der Waals surface area contributed by atoms with Gasteiger partial charge in [0.1, 0.15) is 6.54 Å². The first-order chi connectivity index (χ1) is 12.8. The Balaban J connectivity index is 1.83. The summed E-state index contributed by atoms with van der Waals surface area (Å²) in [5.74, 6) is -0.345. The molecule has 0 unspecified atom stereocenters. The topological polar surface area (TPSA) is 64.0 Å². The van der Waals surface area contributed by atoms with Crippen LogP contribution >= 0.6 is 11.6 Å². The fourth-order valence-corrected chi connectivity index (χ4v) is 2.99. The molecule has 2 aromatic carbocycles. The second-order valence-corrected chi connectivity index (χ2v) is 6.95. The van der Waals surface area contributed by atoms with E-state index in [1.54, 1.807) is 18.2 Å². The fraction of sp³-hybridized carbons (Fsp3) is 0.190. The molecule has 1 aromatic heterocycles. The lowest BCUT2D eigenvalue weighted by Crippen LogP contribution is -2.29. The smallest absolute Gasteiger partial charge is 0.267 e. The van der Waals surface area contributed by atoms with Crippen LogP contribution in [0.2, 0.25) is 5.02 Å². The summed E-state index contributed by atoms with van der Waals surface area (Å²) in [4.78, 5) is 24.5. The zero-order valence-corrected chi connectivity index (χ0v) is 16.2. The Morgan fingerprint density at radius 1 is 1.04 bits per heavy atom. The molecule has 0 saturated carbocycles. The van der Waals surface area contributed by atoms with E-state index in [-0.39, 0.29) is 18.0 Å². The number of amides is 1. The molecule has 0 fully saturated rings. The SMILES string of the molecule is Cc1ccc(-c2ccc(=O)n(CC(=O)Nc3ccc(C)c(Cl)c3)n2)c(C)c1. The molecule has 0 atom stereocenters. The van der Waals surface area contributed by atoms with Crippen LogP contribution < -0.4 is 10.9 Å². The van der Waals surface area contributed by atoms with Crippen LogP contribution in [0.25, 0.3) is 11.3 Å². The van der Waals surface area contributed by atoms with Crippen LogP contribution in [0.3, 0.4) is 0 Å². The molecule has 0 aliphatic heterocycles. The molecule has 0 aliphatic rings. The zero-order chi connectivity index (χ0) is 19.6. The molecule has 0 saturated heterocycles. The molecular weight excluding hydrogens is 362 g/mol. The van der Waals surface area contributed by atoms with Crippen molar-refractivity contribution in [3.8, 4) is 11.3 Å². The van der Waals surface area contributed by atoms with Gasteiger partial charge in [0.2, 0.25) is 5.91 Å². The fourth-order valence-electron chi connectivity index (χ4n) is 2.81. The van der Waals surface area contributed by atoms with Crippen LogP contribution in [-0.2, 0) is 11.3 Å². The van der Waals surface area contributed by atoms with Gasteiger partial charge in [-0.2, -0.15) is 5.10 Å². The highest BCUT2D eigenvalue weighted by atomic mass is 35.5. The Labute approximate surface area is 162 Å². The summed E-state index contributed by atoms with van der Waals surface area (Å²) in [6, 6.07) is 14.4. The van der Waals surface area contributed by atoms with Crippen LogP contribution in [0.4, 0.5) is 5.69 Å². The van der Waals surface area contributed by atoms with Crippen molar-refractivity contribution < 1.29 is 4.79 Å². The minimum absolute atomic E-state index is 0.178. The van der Waals surface area contributed by atoms with Crippen LogP contribution in [-0.4, -0.2) is 15.7 Å². The van der Waals surface area contributed by atoms with Gasteiger partial charge in [-0.3, -0.25) is 9.59 Å². The van der Waals surface area contributed by atoms with Gasteiger partial charge in [0.25, 0.3) is 5.56 Å². The minimum atomic E-state index is -0.345. The second-order valence-electron chi connectivity index (χ2n) is 6.54. The molecule has 6 heteroatoms. The monoisotopic (exact) mass is 381 g/mol. The first-order valence-corrected chi connectivity index (χ1v) is 8.93. The van der Waals surface area contributed by atoms with Crippen molar-refractivity contribution in [3.05, 3.63) is 80.6 Å². The number of hydrogen-bond donors (Lipinski definition) is 1. The lowest BCUT2D eigenvalue weighted by Gasteiger charge is -2.10. The van der Waals surface area contributed by atoms with Gasteiger partial charge in [0.05, 0.1) is 5.69 Å². The molecule has 0 radical (unpaired) electrons. The van der Waals surface area contributed by atoms with Gasteiger partial charge in [-0.25, -0.2) is 4.68 Å². The first-order valence-electron chi connectivity index (χ1n) is 8.55. The Morgan fingerprint density at radius 3 is 2.52 bits per heavy atom. The van der Waals surface area contributed by atoms with E-state index in [2.05, 4.69) is 16.5 Å². The van der Waals surface area contributed by atoms with Crippen molar-refractivity contribution in [2.24, 2.45) is 0 Å². The highest BCUT2D eigenvalue weighted by Crippen LogP contribution is 2.22. The summed E-state index contributed by atoms with van der Waals surface area (Å²) in [6.45, 7) is 5.72. The maximum Gasteiger partial charge on any atom is 0.267 e. The van der Waals surface area contributed by atoms with Crippen molar-refractivity contribution in [1.29, 1.82) is 0 Å². The maximum atomic E-state index is 12.3. The second kappa shape index (κ2) is 7.76. The molecule has 0 spiro atoms. The summed E-state index contributed by atoms with van der Waals surface area (Å²) in [6.07, 6.45) is 0. The van der Waals surface area contributed by atoms with E-state index in [0.29, 0.717) is 16.4 Å². The number of carbonyl (C=O) groups is 1. The molecule has 3 rings (SSSR count). The van der Waals surface area contributed by atoms with E-state index < -0.39 is 0 Å². The zero-order valence-electron chi connectivity index (χ0n) is 15.4. The van der Waals surface area contributed by atoms with E-state index in [1.807, 2.05) is 39.0 Å². The van der Waals surface area contributed by atoms with Crippen LogP contribution in [0.1, 0.15) is 16.7 Å².